The fourth-order valence-electron chi connectivity index (χ4n) is 5.81. The van der Waals surface area contributed by atoms with E-state index < -0.39 is 23.3 Å². The van der Waals surface area contributed by atoms with Gasteiger partial charge in [0.25, 0.3) is 0 Å². The predicted molar refractivity (Wildman–Crippen MR) is 68.5 cm³/mol. The van der Waals surface area contributed by atoms with Crippen molar-refractivity contribution in [2.24, 2.45) is 40.4 Å². The van der Waals surface area contributed by atoms with E-state index >= 15 is 0 Å². The second-order valence-electron chi connectivity index (χ2n) is 7.43. The maximum atomic E-state index is 12.0. The maximum Gasteiger partial charge on any atom is 0.310 e. The zero-order valence-electron chi connectivity index (χ0n) is 11.7. The summed E-state index contributed by atoms with van der Waals surface area (Å²) in [6, 6.07) is 0. The third kappa shape index (κ3) is 1.30. The Morgan fingerprint density at radius 1 is 1.16 bits per heavy atom. The fourth-order valence-corrected chi connectivity index (χ4v) is 5.81. The average Bonchev–Trinajstić information content (AvgIpc) is 2.28. The van der Waals surface area contributed by atoms with Gasteiger partial charge in [0.05, 0.1) is 11.3 Å². The minimum atomic E-state index is -1.04. The number of carbonyl (C=O) groups is 2. The molecule has 0 aromatic heterocycles. The van der Waals surface area contributed by atoms with Crippen LogP contribution in [-0.2, 0) is 9.59 Å². The second-order valence-corrected chi connectivity index (χ2v) is 7.43. The van der Waals surface area contributed by atoms with Crippen molar-refractivity contribution in [1.29, 1.82) is 0 Å². The molecule has 4 rings (SSSR count). The maximum absolute atomic E-state index is 12.0. The third-order valence-electron chi connectivity index (χ3n) is 6.91. The number of hydrogen-bond acceptors (Lipinski definition) is 2. The van der Waals surface area contributed by atoms with Gasteiger partial charge in [-0.05, 0) is 48.3 Å². The Balaban J connectivity index is 2.18. The number of hydrogen-bond donors (Lipinski definition) is 2. The van der Waals surface area contributed by atoms with Gasteiger partial charge in [0.2, 0.25) is 0 Å². The molecule has 4 aliphatic rings. The summed E-state index contributed by atoms with van der Waals surface area (Å²) in [7, 11) is 0. The Hall–Kier alpha value is -1.06. The fraction of sp³-hybridized carbons (Fsp3) is 0.867. The van der Waals surface area contributed by atoms with Gasteiger partial charge in [-0.25, -0.2) is 0 Å². The van der Waals surface area contributed by atoms with Gasteiger partial charge in [0.1, 0.15) is 0 Å². The minimum absolute atomic E-state index is 0.00440. The van der Waals surface area contributed by atoms with Crippen molar-refractivity contribution in [3.8, 4) is 0 Å². The summed E-state index contributed by atoms with van der Waals surface area (Å²) < 4.78 is 0. The lowest BCUT2D eigenvalue weighted by Gasteiger charge is -2.67. The molecule has 19 heavy (non-hydrogen) atoms. The molecule has 4 aliphatic carbocycles. The van der Waals surface area contributed by atoms with E-state index in [4.69, 9.17) is 0 Å². The Morgan fingerprint density at radius 3 is 2.32 bits per heavy atom. The molecule has 0 saturated heterocycles. The Labute approximate surface area is 113 Å². The number of carboxylic acids is 2. The molecule has 7 unspecified atom stereocenters. The van der Waals surface area contributed by atoms with Crippen molar-refractivity contribution in [2.75, 3.05) is 0 Å². The first kappa shape index (κ1) is 12.9. The van der Waals surface area contributed by atoms with Crippen molar-refractivity contribution in [3.63, 3.8) is 0 Å². The van der Waals surface area contributed by atoms with Crippen LogP contribution in [0.5, 0.6) is 0 Å². The van der Waals surface area contributed by atoms with Crippen LogP contribution in [0, 0.1) is 40.4 Å². The average molecular weight is 266 g/mol. The summed E-state index contributed by atoms with van der Waals surface area (Å²) in [6.45, 7) is 6.25. The quantitative estimate of drug-likeness (QED) is 0.805. The molecule has 0 amide bonds. The van der Waals surface area contributed by atoms with Gasteiger partial charge in [0.15, 0.2) is 0 Å². The Morgan fingerprint density at radius 2 is 1.79 bits per heavy atom. The predicted octanol–water partition coefficient (Wildman–Crippen LogP) is 2.48. The van der Waals surface area contributed by atoms with Crippen LogP contribution in [0.3, 0.4) is 0 Å². The monoisotopic (exact) mass is 266 g/mol. The number of rotatable bonds is 2. The number of aliphatic carboxylic acids is 2. The molecule has 4 heteroatoms. The van der Waals surface area contributed by atoms with E-state index in [-0.39, 0.29) is 17.3 Å². The van der Waals surface area contributed by atoms with Crippen LogP contribution in [-0.4, -0.2) is 22.2 Å². The Kier molecular flexibility index (Phi) is 2.40. The molecule has 0 aromatic rings. The van der Waals surface area contributed by atoms with Gasteiger partial charge in [-0.15, -0.1) is 0 Å². The second kappa shape index (κ2) is 3.53. The van der Waals surface area contributed by atoms with Crippen LogP contribution in [0.15, 0.2) is 0 Å². The molecule has 2 N–H and O–H groups in total. The van der Waals surface area contributed by atoms with E-state index in [1.54, 1.807) is 0 Å². The summed E-state index contributed by atoms with van der Waals surface area (Å²) in [5.41, 5.74) is -1.04. The van der Waals surface area contributed by atoms with Crippen LogP contribution in [0.2, 0.25) is 0 Å². The first-order chi connectivity index (χ1) is 8.74. The van der Waals surface area contributed by atoms with Crippen LogP contribution in [0.25, 0.3) is 0 Å². The summed E-state index contributed by atoms with van der Waals surface area (Å²) in [5.74, 6) is -1.81. The highest BCUT2D eigenvalue weighted by atomic mass is 16.4. The van der Waals surface area contributed by atoms with E-state index in [9.17, 15) is 19.8 Å². The van der Waals surface area contributed by atoms with Gasteiger partial charge >= 0.3 is 11.9 Å². The van der Waals surface area contributed by atoms with E-state index in [2.05, 4.69) is 13.8 Å². The van der Waals surface area contributed by atoms with E-state index in [0.29, 0.717) is 18.3 Å². The molecule has 106 valence electrons. The number of carboxylic acid groups (broad SMARTS) is 2. The molecule has 0 spiro atoms. The van der Waals surface area contributed by atoms with Crippen LogP contribution < -0.4 is 0 Å². The molecular formula is C15H22O4. The van der Waals surface area contributed by atoms with Gasteiger partial charge in [-0.2, -0.15) is 0 Å². The lowest BCUT2D eigenvalue weighted by atomic mass is 9.35. The zero-order valence-corrected chi connectivity index (χ0v) is 11.7. The topological polar surface area (TPSA) is 74.6 Å². The van der Waals surface area contributed by atoms with Crippen molar-refractivity contribution in [1.82, 2.24) is 0 Å². The smallest absolute Gasteiger partial charge is 0.310 e. The van der Waals surface area contributed by atoms with Crippen LogP contribution in [0.1, 0.15) is 40.0 Å². The normalized spacial score (nSPS) is 55.2. The Bertz CT molecular complexity index is 459. The highest BCUT2D eigenvalue weighted by Crippen LogP contribution is 2.71. The molecule has 4 nitrogen and oxygen atoms in total. The van der Waals surface area contributed by atoms with Gasteiger partial charge < -0.3 is 10.2 Å². The molecule has 4 bridgehead atoms. The minimum Gasteiger partial charge on any atom is -0.481 e. The molecule has 0 heterocycles. The van der Waals surface area contributed by atoms with E-state index in [0.717, 1.165) is 12.8 Å². The van der Waals surface area contributed by atoms with Crippen molar-refractivity contribution in [3.05, 3.63) is 0 Å². The lowest BCUT2D eigenvalue weighted by Crippen LogP contribution is -2.68. The van der Waals surface area contributed by atoms with Gasteiger partial charge in [0, 0.05) is 0 Å². The van der Waals surface area contributed by atoms with Crippen LogP contribution >= 0.6 is 0 Å². The summed E-state index contributed by atoms with van der Waals surface area (Å²) >= 11 is 0. The standard InChI is InChI=1S/C15H22O4/c1-7-9-4-10-8(2)14(3,5-9)6-15(7,13(18)19)11(10)12(16)17/h7-11H,4-6H2,1-3H3,(H,16,17)(H,18,19). The first-order valence-electron chi connectivity index (χ1n) is 7.20. The van der Waals surface area contributed by atoms with Crippen LogP contribution in [0.4, 0.5) is 0 Å². The molecule has 0 radical (unpaired) electrons. The lowest BCUT2D eigenvalue weighted by molar-refractivity contribution is -0.231. The van der Waals surface area contributed by atoms with Crippen molar-refractivity contribution >= 4 is 11.9 Å². The molecule has 7 atom stereocenters. The summed E-state index contributed by atoms with van der Waals surface area (Å²) in [5, 5.41) is 19.4. The highest BCUT2D eigenvalue weighted by molar-refractivity contribution is 5.85. The third-order valence-corrected chi connectivity index (χ3v) is 6.91. The molecule has 4 saturated carbocycles. The largest absolute Gasteiger partial charge is 0.481 e. The van der Waals surface area contributed by atoms with Gasteiger partial charge in [-0.3, -0.25) is 9.59 Å². The SMILES string of the molecule is CC1C2CC3CC1(C)CC(C(=O)O)(C3C)C2C(=O)O. The molecule has 0 aliphatic heterocycles. The molecular weight excluding hydrogens is 244 g/mol. The highest BCUT2D eigenvalue weighted by Gasteiger charge is 2.71. The van der Waals surface area contributed by atoms with E-state index in [1.165, 1.54) is 0 Å². The first-order valence-corrected chi connectivity index (χ1v) is 7.20. The molecule has 4 fully saturated rings. The van der Waals surface area contributed by atoms with Crippen molar-refractivity contribution < 1.29 is 19.8 Å². The summed E-state index contributed by atoms with van der Waals surface area (Å²) in [6.07, 6.45) is 2.48. The summed E-state index contributed by atoms with van der Waals surface area (Å²) in [4.78, 5) is 23.7. The zero-order chi connectivity index (χ0) is 14.2. The van der Waals surface area contributed by atoms with Crippen molar-refractivity contribution in [2.45, 2.75) is 40.0 Å². The van der Waals surface area contributed by atoms with E-state index in [1.807, 2.05) is 6.92 Å². The molecule has 0 aromatic carbocycles. The van der Waals surface area contributed by atoms with Gasteiger partial charge in [-0.1, -0.05) is 20.8 Å².